The monoisotopic (exact) mass is 551 g/mol. The zero-order valence-electron chi connectivity index (χ0n) is 22.1. The van der Waals surface area contributed by atoms with Gasteiger partial charge in [0.15, 0.2) is 16.7 Å². The smallest absolute Gasteiger partial charge is 0.221 e. The fourth-order valence-corrected chi connectivity index (χ4v) is 5.52. The van der Waals surface area contributed by atoms with Crippen molar-refractivity contribution in [2.45, 2.75) is 6.29 Å². The fraction of sp³-hybridized carbons (Fsp3) is 0.423. The Morgan fingerprint density at radius 3 is 2.59 bits per heavy atom. The standard InChI is InChI=1S/C26H33N9O3S/c1-30-26(39)33(25-29-24-23(35(25)30)22(28-18-34(24)27)21-4-3-15-38-21)14-11-31-9-12-32(13-10-31)19-5-7-20(8-6-19)37-17-16-36-2/h3-8,15,18,25H,9-14,16-17,27H2,1-2H3. The molecule has 12 nitrogen and oxygen atoms in total. The second-order valence-electron chi connectivity index (χ2n) is 9.63. The van der Waals surface area contributed by atoms with E-state index < -0.39 is 0 Å². The predicted octanol–water partition coefficient (Wildman–Crippen LogP) is 1.46. The van der Waals surface area contributed by atoms with Gasteiger partial charge in [0.25, 0.3) is 0 Å². The summed E-state index contributed by atoms with van der Waals surface area (Å²) in [6, 6.07) is 12.0. The van der Waals surface area contributed by atoms with E-state index in [0.717, 1.165) is 55.8 Å². The van der Waals surface area contributed by atoms with Crippen LogP contribution in [-0.4, -0.2) is 115 Å². The van der Waals surface area contributed by atoms with Crippen molar-refractivity contribution in [2.24, 2.45) is 15.8 Å². The number of ether oxygens (including phenoxy) is 2. The van der Waals surface area contributed by atoms with Gasteiger partial charge >= 0.3 is 0 Å². The summed E-state index contributed by atoms with van der Waals surface area (Å²) in [7, 11) is 3.62. The Morgan fingerprint density at radius 2 is 1.87 bits per heavy atom. The normalized spacial score (nSPS) is 21.2. The number of benzene rings is 1. The van der Waals surface area contributed by atoms with Crippen LogP contribution in [0.1, 0.15) is 5.76 Å². The van der Waals surface area contributed by atoms with Crippen molar-refractivity contribution in [3.8, 4) is 5.75 Å². The van der Waals surface area contributed by atoms with Gasteiger partial charge in [0.05, 0.1) is 12.9 Å². The molecule has 0 bridgehead atoms. The van der Waals surface area contributed by atoms with E-state index in [-0.39, 0.29) is 6.29 Å². The summed E-state index contributed by atoms with van der Waals surface area (Å²) in [4.78, 5) is 16.5. The number of methoxy groups -OCH3 is 1. The number of furan rings is 1. The molecule has 6 rings (SSSR count). The first kappa shape index (κ1) is 25.6. The van der Waals surface area contributed by atoms with Crippen LogP contribution >= 0.6 is 12.2 Å². The summed E-state index contributed by atoms with van der Waals surface area (Å²) in [5, 5.41) is 6.17. The van der Waals surface area contributed by atoms with Gasteiger partial charge in [-0.05, 0) is 48.6 Å². The first-order valence-corrected chi connectivity index (χ1v) is 13.4. The lowest BCUT2D eigenvalue weighted by atomic mass is 10.2. The lowest BCUT2D eigenvalue weighted by molar-refractivity contribution is 0.0884. The SMILES string of the molecule is COCCOc1ccc(N2CCN(CCN3C(=S)N(C)N4C5=C(c6ccco6)N=CN(N)C5=NC34)CC2)cc1. The third-order valence-corrected chi connectivity index (χ3v) is 7.84. The van der Waals surface area contributed by atoms with Crippen LogP contribution in [0.2, 0.25) is 0 Å². The Hall–Kier alpha value is -3.65. The van der Waals surface area contributed by atoms with Crippen molar-refractivity contribution in [3.05, 3.63) is 54.1 Å². The van der Waals surface area contributed by atoms with Crippen molar-refractivity contribution < 1.29 is 13.9 Å². The molecule has 4 aliphatic rings. The van der Waals surface area contributed by atoms with Gasteiger partial charge in [-0.25, -0.2) is 25.8 Å². The van der Waals surface area contributed by atoms with E-state index in [1.165, 1.54) is 10.7 Å². The van der Waals surface area contributed by atoms with Gasteiger partial charge in [0.2, 0.25) is 6.29 Å². The van der Waals surface area contributed by atoms with Crippen molar-refractivity contribution in [2.75, 3.05) is 71.5 Å². The molecule has 2 aromatic rings. The van der Waals surface area contributed by atoms with Gasteiger partial charge in [-0.2, -0.15) is 0 Å². The van der Waals surface area contributed by atoms with Gasteiger partial charge < -0.3 is 23.7 Å². The maximum absolute atomic E-state index is 6.22. The average Bonchev–Trinajstić information content (AvgIpc) is 3.68. The minimum atomic E-state index is -0.309. The van der Waals surface area contributed by atoms with Gasteiger partial charge in [0, 0.05) is 59.1 Å². The molecule has 13 heteroatoms. The molecular weight excluding hydrogens is 518 g/mol. The lowest BCUT2D eigenvalue weighted by Crippen LogP contribution is -2.49. The van der Waals surface area contributed by atoms with Gasteiger partial charge in [0.1, 0.15) is 30.1 Å². The molecule has 0 radical (unpaired) electrons. The molecule has 5 heterocycles. The predicted molar refractivity (Wildman–Crippen MR) is 153 cm³/mol. The van der Waals surface area contributed by atoms with E-state index >= 15 is 0 Å². The Kier molecular flexibility index (Phi) is 7.12. The highest BCUT2D eigenvalue weighted by Gasteiger charge is 2.49. The minimum absolute atomic E-state index is 0.309. The van der Waals surface area contributed by atoms with Crippen LogP contribution in [0.5, 0.6) is 5.75 Å². The molecule has 2 N–H and O–H groups in total. The van der Waals surface area contributed by atoms with Crippen LogP contribution in [0, 0.1) is 0 Å². The van der Waals surface area contributed by atoms with E-state index in [1.54, 1.807) is 19.7 Å². The maximum Gasteiger partial charge on any atom is 0.221 e. The number of nitrogens with two attached hydrogens (primary N) is 1. The van der Waals surface area contributed by atoms with Crippen molar-refractivity contribution in [1.29, 1.82) is 0 Å². The van der Waals surface area contributed by atoms with Crippen LogP contribution in [0.15, 0.2) is 62.8 Å². The molecule has 0 aliphatic carbocycles. The maximum atomic E-state index is 6.22. The number of aliphatic imine (C=N–C) groups is 2. The number of amidine groups is 1. The highest BCUT2D eigenvalue weighted by molar-refractivity contribution is 7.80. The van der Waals surface area contributed by atoms with E-state index in [9.17, 15) is 0 Å². The summed E-state index contributed by atoms with van der Waals surface area (Å²) in [6.07, 6.45) is 2.89. The van der Waals surface area contributed by atoms with Crippen molar-refractivity contribution in [1.82, 2.24) is 24.8 Å². The number of hydrazine groups is 2. The molecule has 1 aromatic heterocycles. The molecular formula is C26H33N9O3S. The Morgan fingerprint density at radius 1 is 1.08 bits per heavy atom. The molecule has 1 atom stereocenters. The number of rotatable bonds is 9. The number of fused-ring (bicyclic) bond motifs is 3. The van der Waals surface area contributed by atoms with Gasteiger partial charge in [-0.1, -0.05) is 0 Å². The summed E-state index contributed by atoms with van der Waals surface area (Å²) in [5.41, 5.74) is 2.69. The number of piperazine rings is 1. The molecule has 2 saturated heterocycles. The number of anilines is 1. The summed E-state index contributed by atoms with van der Waals surface area (Å²) >= 11 is 5.84. The Bertz CT molecular complexity index is 1270. The first-order valence-electron chi connectivity index (χ1n) is 13.0. The highest BCUT2D eigenvalue weighted by Crippen LogP contribution is 2.38. The number of hydrogen-bond donors (Lipinski definition) is 1. The van der Waals surface area contributed by atoms with E-state index in [1.807, 2.05) is 41.3 Å². The van der Waals surface area contributed by atoms with Gasteiger partial charge in [-0.15, -0.1) is 0 Å². The van der Waals surface area contributed by atoms with Crippen LogP contribution in [0.25, 0.3) is 5.70 Å². The topological polar surface area (TPSA) is 102 Å². The number of hydrogen-bond acceptors (Lipinski definition) is 11. The van der Waals surface area contributed by atoms with Crippen LogP contribution in [-0.2, 0) is 4.74 Å². The number of thiocarbonyl (C=S) groups is 1. The van der Waals surface area contributed by atoms with E-state index in [0.29, 0.717) is 30.5 Å². The van der Waals surface area contributed by atoms with Gasteiger partial charge in [-0.3, -0.25) is 9.91 Å². The Labute approximate surface area is 233 Å². The van der Waals surface area contributed by atoms with Crippen LogP contribution < -0.4 is 15.5 Å². The minimum Gasteiger partial charge on any atom is -0.491 e. The summed E-state index contributed by atoms with van der Waals surface area (Å²) in [6.45, 7) is 6.65. The molecule has 1 aromatic carbocycles. The molecule has 0 saturated carbocycles. The quantitative estimate of drug-likeness (QED) is 0.278. The fourth-order valence-electron chi connectivity index (χ4n) is 5.25. The molecule has 39 heavy (non-hydrogen) atoms. The second-order valence-corrected chi connectivity index (χ2v) is 10.00. The molecule has 206 valence electrons. The third kappa shape index (κ3) is 4.82. The average molecular weight is 552 g/mol. The zero-order valence-corrected chi connectivity index (χ0v) is 23.0. The first-order chi connectivity index (χ1) is 19.0. The molecule has 0 amide bonds. The summed E-state index contributed by atoms with van der Waals surface area (Å²) in [5.74, 6) is 8.38. The zero-order chi connectivity index (χ0) is 26.9. The lowest BCUT2D eigenvalue weighted by Gasteiger charge is -2.37. The second kappa shape index (κ2) is 10.8. The highest BCUT2D eigenvalue weighted by atomic mass is 32.1. The van der Waals surface area contributed by atoms with E-state index in [2.05, 4.69) is 31.8 Å². The van der Waals surface area contributed by atoms with E-state index in [4.69, 9.17) is 36.9 Å². The molecule has 4 aliphatic heterocycles. The largest absolute Gasteiger partial charge is 0.491 e. The van der Waals surface area contributed by atoms with Crippen LogP contribution in [0.4, 0.5) is 5.69 Å². The molecule has 2 fully saturated rings. The van der Waals surface area contributed by atoms with Crippen molar-refractivity contribution in [3.63, 3.8) is 0 Å². The molecule has 1 unspecified atom stereocenters. The Balaban J connectivity index is 1.07. The summed E-state index contributed by atoms with van der Waals surface area (Å²) < 4.78 is 16.4. The number of nitrogens with zero attached hydrogens (tertiary/aromatic N) is 8. The van der Waals surface area contributed by atoms with Crippen molar-refractivity contribution >= 4 is 40.9 Å². The molecule has 0 spiro atoms. The van der Waals surface area contributed by atoms with Crippen LogP contribution in [0.3, 0.4) is 0 Å². The third-order valence-electron chi connectivity index (χ3n) is 7.34.